The molecule has 0 aliphatic heterocycles. The standard InChI is InChI=1S/C28H39NO/c1-16-11-13-27(5)17(2)9-10-22(30)28(27)14-12-20-24(25(16)28)18-15-29-21-8-6-7-19(23(18)21)26(20,3)4/h6-8,15-17,20,22,24-25,29-30H,9-14H2,1-5H3/t16-,17-,20-,22+,24+,25+,27+,28+/m0/s1. The fourth-order valence-corrected chi connectivity index (χ4v) is 9.67. The number of H-pyrrole nitrogens is 1. The van der Waals surface area contributed by atoms with Gasteiger partial charge >= 0.3 is 0 Å². The Kier molecular flexibility index (Phi) is 3.84. The van der Waals surface area contributed by atoms with Gasteiger partial charge in [0.25, 0.3) is 0 Å². The van der Waals surface area contributed by atoms with Gasteiger partial charge in [0.15, 0.2) is 0 Å². The van der Waals surface area contributed by atoms with Crippen LogP contribution in [0.5, 0.6) is 0 Å². The van der Waals surface area contributed by atoms with Crippen LogP contribution in [0.1, 0.15) is 90.2 Å². The smallest absolute Gasteiger partial charge is 0.0604 e. The first-order chi connectivity index (χ1) is 14.2. The van der Waals surface area contributed by atoms with Crippen molar-refractivity contribution in [3.8, 4) is 0 Å². The van der Waals surface area contributed by atoms with Crippen LogP contribution < -0.4 is 0 Å². The Labute approximate surface area is 181 Å². The van der Waals surface area contributed by atoms with E-state index in [1.165, 1.54) is 48.6 Å². The van der Waals surface area contributed by atoms with Gasteiger partial charge in [-0.1, -0.05) is 46.8 Å². The van der Waals surface area contributed by atoms with Crippen LogP contribution in [0.3, 0.4) is 0 Å². The fraction of sp³-hybridized carbons (Fsp3) is 0.714. The molecule has 4 aliphatic carbocycles. The van der Waals surface area contributed by atoms with Crippen molar-refractivity contribution in [1.29, 1.82) is 0 Å². The van der Waals surface area contributed by atoms with Crippen molar-refractivity contribution in [2.45, 2.75) is 90.6 Å². The lowest BCUT2D eigenvalue weighted by atomic mass is 9.34. The molecule has 0 saturated heterocycles. The summed E-state index contributed by atoms with van der Waals surface area (Å²) in [5.41, 5.74) is 4.93. The second-order valence-corrected chi connectivity index (χ2v) is 12.4. The number of nitrogens with one attached hydrogen (secondary N) is 1. The van der Waals surface area contributed by atoms with E-state index in [-0.39, 0.29) is 22.3 Å². The molecule has 0 amide bonds. The van der Waals surface area contributed by atoms with Crippen molar-refractivity contribution in [2.24, 2.45) is 34.5 Å². The molecule has 2 nitrogen and oxygen atoms in total. The van der Waals surface area contributed by atoms with Gasteiger partial charge < -0.3 is 10.1 Å². The van der Waals surface area contributed by atoms with Gasteiger partial charge in [-0.25, -0.2) is 0 Å². The SMILES string of the molecule is C[C@H]1CC[C@]2(C)[C@@H](C)CC[C@@H](O)[C@@]23CC[C@H]2[C@@H](c4c[nH]c5cccc(c45)C2(C)C)[C@@H]13. The Morgan fingerprint density at radius 3 is 2.60 bits per heavy atom. The summed E-state index contributed by atoms with van der Waals surface area (Å²) in [4.78, 5) is 3.64. The molecule has 6 rings (SSSR count). The average molecular weight is 406 g/mol. The lowest BCUT2D eigenvalue weighted by molar-refractivity contribution is -0.233. The molecule has 1 spiro atoms. The van der Waals surface area contributed by atoms with E-state index in [0.29, 0.717) is 29.6 Å². The van der Waals surface area contributed by atoms with Crippen molar-refractivity contribution < 1.29 is 5.11 Å². The summed E-state index contributed by atoms with van der Waals surface area (Å²) in [5.74, 6) is 3.20. The molecule has 162 valence electrons. The molecule has 0 unspecified atom stereocenters. The zero-order valence-electron chi connectivity index (χ0n) is 19.5. The minimum absolute atomic E-state index is 0.0788. The molecule has 1 aromatic heterocycles. The summed E-state index contributed by atoms with van der Waals surface area (Å²) in [6.45, 7) is 12.6. The van der Waals surface area contributed by atoms with Crippen LogP contribution in [0.4, 0.5) is 0 Å². The van der Waals surface area contributed by atoms with E-state index in [9.17, 15) is 5.11 Å². The molecule has 3 saturated carbocycles. The third-order valence-corrected chi connectivity index (χ3v) is 11.4. The van der Waals surface area contributed by atoms with E-state index >= 15 is 0 Å². The van der Waals surface area contributed by atoms with E-state index in [4.69, 9.17) is 0 Å². The molecule has 1 heterocycles. The fourth-order valence-electron chi connectivity index (χ4n) is 9.67. The minimum Gasteiger partial charge on any atom is -0.393 e. The monoisotopic (exact) mass is 405 g/mol. The van der Waals surface area contributed by atoms with Crippen molar-refractivity contribution in [3.05, 3.63) is 35.5 Å². The predicted octanol–water partition coefficient (Wildman–Crippen LogP) is 6.78. The molecule has 2 N–H and O–H groups in total. The number of hydrogen-bond acceptors (Lipinski definition) is 1. The van der Waals surface area contributed by atoms with Crippen LogP contribution in [0.2, 0.25) is 0 Å². The van der Waals surface area contributed by atoms with Crippen LogP contribution in [0, 0.1) is 34.5 Å². The van der Waals surface area contributed by atoms with E-state index in [1.54, 1.807) is 5.56 Å². The van der Waals surface area contributed by atoms with Crippen LogP contribution >= 0.6 is 0 Å². The Balaban J connectivity index is 1.62. The molecule has 4 aliphatic rings. The summed E-state index contributed by atoms with van der Waals surface area (Å²) in [5, 5.41) is 13.2. The molecule has 30 heavy (non-hydrogen) atoms. The van der Waals surface area contributed by atoms with Crippen molar-refractivity contribution in [3.63, 3.8) is 0 Å². The number of rotatable bonds is 0. The first kappa shape index (κ1) is 19.4. The van der Waals surface area contributed by atoms with Crippen molar-refractivity contribution in [1.82, 2.24) is 4.98 Å². The van der Waals surface area contributed by atoms with Gasteiger partial charge in [-0.05, 0) is 96.1 Å². The first-order valence-electron chi connectivity index (χ1n) is 12.5. The summed E-state index contributed by atoms with van der Waals surface area (Å²) < 4.78 is 0. The highest BCUT2D eigenvalue weighted by Crippen LogP contribution is 2.74. The number of aliphatic hydroxyl groups is 1. The number of hydrogen-bond donors (Lipinski definition) is 2. The van der Waals surface area contributed by atoms with Crippen molar-refractivity contribution in [2.75, 3.05) is 0 Å². The highest BCUT2D eigenvalue weighted by molar-refractivity contribution is 5.89. The summed E-state index contributed by atoms with van der Waals surface area (Å²) in [7, 11) is 0. The quantitative estimate of drug-likeness (QED) is 0.498. The van der Waals surface area contributed by atoms with Gasteiger partial charge in [0, 0.05) is 22.5 Å². The van der Waals surface area contributed by atoms with Gasteiger partial charge in [0.05, 0.1) is 6.10 Å². The van der Waals surface area contributed by atoms with Crippen LogP contribution in [0.15, 0.2) is 24.4 Å². The highest BCUT2D eigenvalue weighted by Gasteiger charge is 2.68. The van der Waals surface area contributed by atoms with Gasteiger partial charge in [0.2, 0.25) is 0 Å². The van der Waals surface area contributed by atoms with Gasteiger partial charge in [-0.3, -0.25) is 0 Å². The number of benzene rings is 1. The molecule has 8 atom stereocenters. The van der Waals surface area contributed by atoms with Crippen LogP contribution in [-0.4, -0.2) is 16.2 Å². The Hall–Kier alpha value is -1.28. The van der Waals surface area contributed by atoms with Gasteiger partial charge in [-0.2, -0.15) is 0 Å². The lowest BCUT2D eigenvalue weighted by Gasteiger charge is -2.70. The summed E-state index contributed by atoms with van der Waals surface area (Å²) in [6, 6.07) is 6.87. The maximum absolute atomic E-state index is 11.7. The number of aromatic amines is 1. The molecule has 1 aromatic carbocycles. The maximum Gasteiger partial charge on any atom is 0.0604 e. The Morgan fingerprint density at radius 1 is 1.00 bits per heavy atom. The molecular weight excluding hydrogens is 366 g/mol. The number of aliphatic hydroxyl groups excluding tert-OH is 1. The summed E-state index contributed by atoms with van der Waals surface area (Å²) >= 11 is 0. The molecule has 3 fully saturated rings. The lowest BCUT2D eigenvalue weighted by Crippen LogP contribution is -2.66. The second kappa shape index (κ2) is 5.94. The Morgan fingerprint density at radius 2 is 1.80 bits per heavy atom. The molecule has 2 aromatic rings. The largest absolute Gasteiger partial charge is 0.393 e. The normalized spacial score (nSPS) is 46.7. The minimum atomic E-state index is -0.137. The zero-order chi connectivity index (χ0) is 21.1. The average Bonchev–Trinajstić information content (AvgIpc) is 3.16. The van der Waals surface area contributed by atoms with E-state index in [0.717, 1.165) is 6.42 Å². The topological polar surface area (TPSA) is 36.0 Å². The van der Waals surface area contributed by atoms with Crippen LogP contribution in [-0.2, 0) is 5.41 Å². The van der Waals surface area contributed by atoms with E-state index < -0.39 is 0 Å². The second-order valence-electron chi connectivity index (χ2n) is 12.4. The molecular formula is C28H39NO. The van der Waals surface area contributed by atoms with E-state index in [1.807, 2.05) is 0 Å². The first-order valence-corrected chi connectivity index (χ1v) is 12.5. The van der Waals surface area contributed by atoms with E-state index in [2.05, 4.69) is 64.0 Å². The van der Waals surface area contributed by atoms with Crippen molar-refractivity contribution >= 4 is 10.9 Å². The zero-order valence-corrected chi connectivity index (χ0v) is 19.5. The third-order valence-electron chi connectivity index (χ3n) is 11.4. The number of fused-ring (bicyclic) bond motifs is 3. The maximum atomic E-state index is 11.7. The predicted molar refractivity (Wildman–Crippen MR) is 124 cm³/mol. The molecule has 0 radical (unpaired) electrons. The molecule has 2 heteroatoms. The summed E-state index contributed by atoms with van der Waals surface area (Å²) in [6.07, 6.45) is 9.48. The highest BCUT2D eigenvalue weighted by atomic mass is 16.3. The van der Waals surface area contributed by atoms with Crippen LogP contribution in [0.25, 0.3) is 10.9 Å². The van der Waals surface area contributed by atoms with Gasteiger partial charge in [0.1, 0.15) is 0 Å². The van der Waals surface area contributed by atoms with Gasteiger partial charge in [-0.15, -0.1) is 0 Å². The third kappa shape index (κ3) is 2.01. The Bertz CT molecular complexity index is 1000. The molecule has 0 bridgehead atoms. The number of aromatic nitrogens is 1.